The Labute approximate surface area is 152 Å². The molecule has 8 heteroatoms. The standard InChI is InChI=1S/C18H20N2O5S/c1-24-15-9-13(10-16(11-15)25-2)18(21)19-14-4-5-17-12(8-14)6-7-20(17)26(3,22)23/h4-5,8-11H,6-7H2,1-3H3,(H,19,21). The maximum absolute atomic E-state index is 12.5. The fraction of sp³-hybridized carbons (Fsp3) is 0.278. The van der Waals surface area contributed by atoms with Gasteiger partial charge in [0.05, 0.1) is 26.2 Å². The molecule has 1 heterocycles. The average Bonchev–Trinajstić information content (AvgIpc) is 3.04. The third kappa shape index (κ3) is 3.60. The van der Waals surface area contributed by atoms with Crippen LogP contribution in [0.1, 0.15) is 15.9 Å². The van der Waals surface area contributed by atoms with Crippen molar-refractivity contribution in [2.45, 2.75) is 6.42 Å². The van der Waals surface area contributed by atoms with E-state index in [9.17, 15) is 13.2 Å². The van der Waals surface area contributed by atoms with Crippen LogP contribution in [-0.4, -0.2) is 41.3 Å². The highest BCUT2D eigenvalue weighted by Crippen LogP contribution is 2.32. The second-order valence-electron chi connectivity index (χ2n) is 5.98. The predicted octanol–water partition coefficient (Wildman–Crippen LogP) is 2.28. The summed E-state index contributed by atoms with van der Waals surface area (Å²) in [7, 11) is -0.255. The van der Waals surface area contributed by atoms with Gasteiger partial charge in [-0.15, -0.1) is 0 Å². The molecule has 0 atom stereocenters. The number of carbonyl (C=O) groups excluding carboxylic acids is 1. The minimum Gasteiger partial charge on any atom is -0.497 e. The normalized spacial score (nSPS) is 13.3. The second-order valence-corrected chi connectivity index (χ2v) is 7.89. The van der Waals surface area contributed by atoms with Gasteiger partial charge in [0.25, 0.3) is 5.91 Å². The number of nitrogens with one attached hydrogen (secondary N) is 1. The molecule has 0 saturated carbocycles. The van der Waals surface area contributed by atoms with Crippen LogP contribution in [0.15, 0.2) is 36.4 Å². The highest BCUT2D eigenvalue weighted by molar-refractivity contribution is 7.92. The van der Waals surface area contributed by atoms with E-state index >= 15 is 0 Å². The number of nitrogens with zero attached hydrogens (tertiary/aromatic N) is 1. The van der Waals surface area contributed by atoms with Gasteiger partial charge in [-0.1, -0.05) is 0 Å². The number of ether oxygens (including phenoxy) is 2. The van der Waals surface area contributed by atoms with Gasteiger partial charge >= 0.3 is 0 Å². The van der Waals surface area contributed by atoms with E-state index in [0.29, 0.717) is 41.4 Å². The van der Waals surface area contributed by atoms with Crippen LogP contribution in [0.4, 0.5) is 11.4 Å². The lowest BCUT2D eigenvalue weighted by Crippen LogP contribution is -2.27. The van der Waals surface area contributed by atoms with Crippen molar-refractivity contribution in [3.63, 3.8) is 0 Å². The van der Waals surface area contributed by atoms with Crippen molar-refractivity contribution in [3.05, 3.63) is 47.5 Å². The Hall–Kier alpha value is -2.74. The number of benzene rings is 2. The lowest BCUT2D eigenvalue weighted by Gasteiger charge is -2.16. The van der Waals surface area contributed by atoms with Gasteiger partial charge in [-0.05, 0) is 42.3 Å². The number of sulfonamides is 1. The topological polar surface area (TPSA) is 84.9 Å². The fourth-order valence-electron chi connectivity index (χ4n) is 2.94. The Kier molecular flexibility index (Phi) is 4.78. The first-order valence-corrected chi connectivity index (χ1v) is 9.81. The van der Waals surface area contributed by atoms with E-state index in [0.717, 1.165) is 5.56 Å². The quantitative estimate of drug-likeness (QED) is 0.865. The molecule has 2 aromatic rings. The number of anilines is 2. The van der Waals surface area contributed by atoms with Gasteiger partial charge in [-0.2, -0.15) is 0 Å². The highest BCUT2D eigenvalue weighted by atomic mass is 32.2. The van der Waals surface area contributed by atoms with Crippen LogP contribution in [-0.2, 0) is 16.4 Å². The summed E-state index contributed by atoms with van der Waals surface area (Å²) in [6.07, 6.45) is 1.80. The Morgan fingerprint density at radius 1 is 1.08 bits per heavy atom. The smallest absolute Gasteiger partial charge is 0.255 e. The molecule has 138 valence electrons. The number of hydrogen-bond acceptors (Lipinski definition) is 5. The summed E-state index contributed by atoms with van der Waals surface area (Å²) in [5.41, 5.74) is 2.55. The average molecular weight is 376 g/mol. The molecule has 0 spiro atoms. The Morgan fingerprint density at radius 2 is 1.73 bits per heavy atom. The van der Waals surface area contributed by atoms with Crippen molar-refractivity contribution >= 4 is 27.3 Å². The SMILES string of the molecule is COc1cc(OC)cc(C(=O)Nc2ccc3c(c2)CCN3S(C)(=O)=O)c1. The number of rotatable bonds is 5. The fourth-order valence-corrected chi connectivity index (χ4v) is 3.89. The molecule has 2 aromatic carbocycles. The number of methoxy groups -OCH3 is 2. The molecule has 3 rings (SSSR count). The largest absolute Gasteiger partial charge is 0.497 e. The molecular weight excluding hydrogens is 356 g/mol. The first-order chi connectivity index (χ1) is 12.3. The first-order valence-electron chi connectivity index (χ1n) is 7.97. The number of carbonyl (C=O) groups is 1. The zero-order valence-electron chi connectivity index (χ0n) is 14.8. The van der Waals surface area contributed by atoms with Crippen molar-refractivity contribution < 1.29 is 22.7 Å². The molecule has 0 bridgehead atoms. The first kappa shape index (κ1) is 18.1. The summed E-state index contributed by atoms with van der Waals surface area (Å²) in [6.45, 7) is 0.415. The lowest BCUT2D eigenvalue weighted by atomic mass is 10.1. The van der Waals surface area contributed by atoms with Gasteiger partial charge in [-0.3, -0.25) is 9.10 Å². The molecular formula is C18H20N2O5S. The van der Waals surface area contributed by atoms with E-state index in [1.165, 1.54) is 24.8 Å². The van der Waals surface area contributed by atoms with E-state index in [4.69, 9.17) is 9.47 Å². The van der Waals surface area contributed by atoms with Gasteiger partial charge in [-0.25, -0.2) is 8.42 Å². The second kappa shape index (κ2) is 6.87. The van der Waals surface area contributed by atoms with Crippen molar-refractivity contribution in [2.24, 2.45) is 0 Å². The zero-order valence-corrected chi connectivity index (χ0v) is 15.6. The third-order valence-corrected chi connectivity index (χ3v) is 5.38. The molecule has 0 unspecified atom stereocenters. The Balaban J connectivity index is 1.83. The summed E-state index contributed by atoms with van der Waals surface area (Å²) < 4.78 is 35.3. The van der Waals surface area contributed by atoms with Gasteiger partial charge in [0.1, 0.15) is 11.5 Å². The molecule has 26 heavy (non-hydrogen) atoms. The van der Waals surface area contributed by atoms with E-state index in [2.05, 4.69) is 5.32 Å². The van der Waals surface area contributed by atoms with Crippen LogP contribution in [0, 0.1) is 0 Å². The molecule has 1 aliphatic heterocycles. The van der Waals surface area contributed by atoms with E-state index in [-0.39, 0.29) is 5.91 Å². The van der Waals surface area contributed by atoms with Gasteiger partial charge in [0, 0.05) is 23.9 Å². The van der Waals surface area contributed by atoms with Gasteiger partial charge < -0.3 is 14.8 Å². The van der Waals surface area contributed by atoms with Crippen molar-refractivity contribution in [1.29, 1.82) is 0 Å². The van der Waals surface area contributed by atoms with Gasteiger partial charge in [0.2, 0.25) is 10.0 Å². The van der Waals surface area contributed by atoms with E-state index < -0.39 is 10.0 Å². The number of fused-ring (bicyclic) bond motifs is 1. The zero-order chi connectivity index (χ0) is 18.9. The van der Waals surface area contributed by atoms with Crippen LogP contribution in [0.5, 0.6) is 11.5 Å². The molecule has 7 nitrogen and oxygen atoms in total. The molecule has 0 aliphatic carbocycles. The van der Waals surface area contributed by atoms with Crippen molar-refractivity contribution in [2.75, 3.05) is 36.6 Å². The highest BCUT2D eigenvalue weighted by Gasteiger charge is 2.26. The van der Waals surface area contributed by atoms with Crippen LogP contribution < -0.4 is 19.1 Å². The minimum absolute atomic E-state index is 0.305. The summed E-state index contributed by atoms with van der Waals surface area (Å²) in [5.74, 6) is 0.736. The lowest BCUT2D eigenvalue weighted by molar-refractivity contribution is 0.102. The molecule has 0 fully saturated rings. The molecule has 1 aliphatic rings. The van der Waals surface area contributed by atoms with Crippen molar-refractivity contribution in [3.8, 4) is 11.5 Å². The third-order valence-electron chi connectivity index (χ3n) is 4.20. The molecule has 0 aromatic heterocycles. The van der Waals surface area contributed by atoms with Crippen molar-refractivity contribution in [1.82, 2.24) is 0 Å². The maximum Gasteiger partial charge on any atom is 0.255 e. The van der Waals surface area contributed by atoms with E-state index in [1.54, 1.807) is 36.4 Å². The van der Waals surface area contributed by atoms with Crippen LogP contribution in [0.25, 0.3) is 0 Å². The van der Waals surface area contributed by atoms with E-state index in [1.807, 2.05) is 0 Å². The summed E-state index contributed by atoms with van der Waals surface area (Å²) in [5, 5.41) is 2.83. The number of hydrogen-bond donors (Lipinski definition) is 1. The molecule has 0 saturated heterocycles. The summed E-state index contributed by atoms with van der Waals surface area (Å²) in [4.78, 5) is 12.5. The minimum atomic E-state index is -3.29. The predicted molar refractivity (Wildman–Crippen MR) is 99.8 cm³/mol. The summed E-state index contributed by atoms with van der Waals surface area (Å²) in [6, 6.07) is 10.1. The van der Waals surface area contributed by atoms with Crippen LogP contribution >= 0.6 is 0 Å². The van der Waals surface area contributed by atoms with Crippen LogP contribution in [0.3, 0.4) is 0 Å². The number of amides is 1. The van der Waals surface area contributed by atoms with Gasteiger partial charge in [0.15, 0.2) is 0 Å². The maximum atomic E-state index is 12.5. The Bertz CT molecular complexity index is 934. The Morgan fingerprint density at radius 3 is 2.31 bits per heavy atom. The monoisotopic (exact) mass is 376 g/mol. The summed E-state index contributed by atoms with van der Waals surface area (Å²) >= 11 is 0. The molecule has 1 N–H and O–H groups in total. The van der Waals surface area contributed by atoms with Crippen LogP contribution in [0.2, 0.25) is 0 Å². The molecule has 0 radical (unpaired) electrons. The molecule has 1 amide bonds.